The van der Waals surface area contributed by atoms with Crippen LogP contribution in [0.5, 0.6) is 0 Å². The fraction of sp³-hybridized carbons (Fsp3) is 0.250. The molecule has 0 radical (unpaired) electrons. The standard InChI is InChI=1S/C12H11ClFNS/c1-7(2)11-6-15-12(16-11)9-5-8(13)3-4-10(9)14/h3-7H,1-2H3. The zero-order chi connectivity index (χ0) is 11.7. The molecule has 4 heteroatoms. The Hall–Kier alpha value is -0.930. The van der Waals surface area contributed by atoms with Gasteiger partial charge in [-0.1, -0.05) is 25.4 Å². The van der Waals surface area contributed by atoms with Crippen molar-refractivity contribution in [3.8, 4) is 10.6 Å². The van der Waals surface area contributed by atoms with Gasteiger partial charge in [-0.15, -0.1) is 11.3 Å². The Balaban J connectivity index is 2.46. The maximum Gasteiger partial charge on any atom is 0.133 e. The molecule has 0 aliphatic heterocycles. The van der Waals surface area contributed by atoms with Crippen LogP contribution in [-0.2, 0) is 0 Å². The maximum atomic E-state index is 13.6. The highest BCUT2D eigenvalue weighted by Crippen LogP contribution is 2.32. The van der Waals surface area contributed by atoms with Gasteiger partial charge in [0.25, 0.3) is 0 Å². The van der Waals surface area contributed by atoms with Crippen LogP contribution in [0.4, 0.5) is 4.39 Å². The van der Waals surface area contributed by atoms with Crippen molar-refractivity contribution >= 4 is 22.9 Å². The average molecular weight is 256 g/mol. The molecule has 0 bridgehead atoms. The summed E-state index contributed by atoms with van der Waals surface area (Å²) in [4.78, 5) is 5.38. The zero-order valence-corrected chi connectivity index (χ0v) is 10.6. The van der Waals surface area contributed by atoms with E-state index in [-0.39, 0.29) is 5.82 Å². The van der Waals surface area contributed by atoms with Gasteiger partial charge in [-0.3, -0.25) is 0 Å². The number of rotatable bonds is 2. The van der Waals surface area contributed by atoms with E-state index in [0.717, 1.165) is 4.88 Å². The van der Waals surface area contributed by atoms with E-state index >= 15 is 0 Å². The molecule has 16 heavy (non-hydrogen) atoms. The molecule has 0 amide bonds. The van der Waals surface area contributed by atoms with E-state index in [1.165, 1.54) is 23.5 Å². The lowest BCUT2D eigenvalue weighted by Crippen LogP contribution is -1.82. The molecule has 1 heterocycles. The molecule has 0 N–H and O–H groups in total. The number of hydrogen-bond donors (Lipinski definition) is 0. The van der Waals surface area contributed by atoms with Crippen LogP contribution in [0.2, 0.25) is 5.02 Å². The number of aromatic nitrogens is 1. The van der Waals surface area contributed by atoms with E-state index in [1.807, 2.05) is 0 Å². The van der Waals surface area contributed by atoms with Gasteiger partial charge in [-0.05, 0) is 24.1 Å². The molecule has 1 aromatic heterocycles. The van der Waals surface area contributed by atoms with Gasteiger partial charge in [0.05, 0.1) is 0 Å². The third-order valence-electron chi connectivity index (χ3n) is 2.25. The summed E-state index contributed by atoms with van der Waals surface area (Å²) in [6.45, 7) is 4.18. The van der Waals surface area contributed by atoms with Crippen LogP contribution in [0.25, 0.3) is 10.6 Å². The van der Waals surface area contributed by atoms with Crippen molar-refractivity contribution in [3.63, 3.8) is 0 Å². The zero-order valence-electron chi connectivity index (χ0n) is 9.00. The molecule has 0 saturated carbocycles. The smallest absolute Gasteiger partial charge is 0.133 e. The first-order valence-corrected chi connectivity index (χ1v) is 6.18. The largest absolute Gasteiger partial charge is 0.244 e. The summed E-state index contributed by atoms with van der Waals surface area (Å²) >= 11 is 7.35. The summed E-state index contributed by atoms with van der Waals surface area (Å²) in [7, 11) is 0. The van der Waals surface area contributed by atoms with Gasteiger partial charge in [0.15, 0.2) is 0 Å². The molecule has 84 valence electrons. The van der Waals surface area contributed by atoms with Crippen molar-refractivity contribution < 1.29 is 4.39 Å². The number of nitrogens with zero attached hydrogens (tertiary/aromatic N) is 1. The highest BCUT2D eigenvalue weighted by Gasteiger charge is 2.11. The maximum absolute atomic E-state index is 13.6. The minimum absolute atomic E-state index is 0.283. The molecule has 0 unspecified atom stereocenters. The van der Waals surface area contributed by atoms with Crippen molar-refractivity contribution in [2.24, 2.45) is 0 Å². The van der Waals surface area contributed by atoms with Gasteiger partial charge >= 0.3 is 0 Å². The summed E-state index contributed by atoms with van der Waals surface area (Å²) in [5, 5.41) is 1.21. The van der Waals surface area contributed by atoms with Crippen LogP contribution in [-0.4, -0.2) is 4.98 Å². The van der Waals surface area contributed by atoms with Crippen LogP contribution < -0.4 is 0 Å². The molecule has 0 spiro atoms. The van der Waals surface area contributed by atoms with Gasteiger partial charge in [0.2, 0.25) is 0 Å². The highest BCUT2D eigenvalue weighted by molar-refractivity contribution is 7.15. The second kappa shape index (κ2) is 4.52. The Labute approximate surface area is 103 Å². The molecule has 0 saturated heterocycles. The van der Waals surface area contributed by atoms with Gasteiger partial charge in [-0.2, -0.15) is 0 Å². The minimum atomic E-state index is -0.283. The van der Waals surface area contributed by atoms with E-state index < -0.39 is 0 Å². The molecule has 0 fully saturated rings. The Morgan fingerprint density at radius 1 is 1.38 bits per heavy atom. The summed E-state index contributed by atoms with van der Waals surface area (Å²) < 4.78 is 13.6. The van der Waals surface area contributed by atoms with E-state index in [4.69, 9.17) is 11.6 Å². The second-order valence-corrected chi connectivity index (χ2v) is 5.35. The average Bonchev–Trinajstić information content (AvgIpc) is 2.70. The Kier molecular flexibility index (Phi) is 3.26. The summed E-state index contributed by atoms with van der Waals surface area (Å²) in [6, 6.07) is 4.52. The number of benzene rings is 1. The quantitative estimate of drug-likeness (QED) is 0.756. The topological polar surface area (TPSA) is 12.9 Å². The molecule has 0 atom stereocenters. The van der Waals surface area contributed by atoms with E-state index in [9.17, 15) is 4.39 Å². The van der Waals surface area contributed by atoms with Crippen LogP contribution in [0.15, 0.2) is 24.4 Å². The fourth-order valence-electron chi connectivity index (χ4n) is 1.34. The van der Waals surface area contributed by atoms with Crippen molar-refractivity contribution in [2.75, 3.05) is 0 Å². The molecular weight excluding hydrogens is 245 g/mol. The third-order valence-corrected chi connectivity index (χ3v) is 3.82. The molecule has 1 aromatic carbocycles. The SMILES string of the molecule is CC(C)c1cnc(-c2cc(Cl)ccc2F)s1. The molecule has 2 aromatic rings. The minimum Gasteiger partial charge on any atom is -0.244 e. The van der Waals surface area contributed by atoms with Gasteiger partial charge < -0.3 is 0 Å². The first kappa shape index (κ1) is 11.6. The Morgan fingerprint density at radius 2 is 2.12 bits per heavy atom. The third kappa shape index (κ3) is 2.25. The van der Waals surface area contributed by atoms with E-state index in [1.54, 1.807) is 12.3 Å². The van der Waals surface area contributed by atoms with Crippen LogP contribution in [0.3, 0.4) is 0 Å². The van der Waals surface area contributed by atoms with Crippen LogP contribution >= 0.6 is 22.9 Å². The summed E-state index contributed by atoms with van der Waals surface area (Å²) in [5.41, 5.74) is 0.476. The lowest BCUT2D eigenvalue weighted by molar-refractivity contribution is 0.631. The van der Waals surface area contributed by atoms with E-state index in [0.29, 0.717) is 21.5 Å². The Morgan fingerprint density at radius 3 is 2.75 bits per heavy atom. The van der Waals surface area contributed by atoms with Crippen molar-refractivity contribution in [3.05, 3.63) is 40.1 Å². The molecular formula is C12H11ClFNS. The molecule has 1 nitrogen and oxygen atoms in total. The number of hydrogen-bond acceptors (Lipinski definition) is 2. The first-order chi connectivity index (χ1) is 7.58. The summed E-state index contributed by atoms with van der Waals surface area (Å²) in [5.74, 6) is 0.127. The number of thiazole rings is 1. The highest BCUT2D eigenvalue weighted by atomic mass is 35.5. The van der Waals surface area contributed by atoms with Gasteiger partial charge in [0.1, 0.15) is 10.8 Å². The van der Waals surface area contributed by atoms with E-state index in [2.05, 4.69) is 18.8 Å². The molecule has 0 aliphatic rings. The van der Waals surface area contributed by atoms with Crippen molar-refractivity contribution in [1.29, 1.82) is 0 Å². The lowest BCUT2D eigenvalue weighted by Gasteiger charge is -2.00. The monoisotopic (exact) mass is 255 g/mol. The van der Waals surface area contributed by atoms with Crippen LogP contribution in [0, 0.1) is 5.82 Å². The van der Waals surface area contributed by atoms with Crippen LogP contribution in [0.1, 0.15) is 24.6 Å². The molecule has 2 rings (SSSR count). The van der Waals surface area contributed by atoms with Gasteiger partial charge in [-0.25, -0.2) is 9.37 Å². The predicted molar refractivity (Wildman–Crippen MR) is 66.6 cm³/mol. The summed E-state index contributed by atoms with van der Waals surface area (Å²) in [6.07, 6.45) is 1.80. The number of halogens is 2. The Bertz CT molecular complexity index is 507. The second-order valence-electron chi connectivity index (χ2n) is 3.85. The lowest BCUT2D eigenvalue weighted by atomic mass is 10.2. The van der Waals surface area contributed by atoms with Gasteiger partial charge in [0, 0.05) is 21.7 Å². The predicted octanol–water partition coefficient (Wildman–Crippen LogP) is 4.73. The first-order valence-electron chi connectivity index (χ1n) is 4.99. The fourth-order valence-corrected chi connectivity index (χ4v) is 2.45. The molecule has 0 aliphatic carbocycles. The van der Waals surface area contributed by atoms with Crippen molar-refractivity contribution in [1.82, 2.24) is 4.98 Å². The normalized spacial score (nSPS) is 11.1. The van der Waals surface area contributed by atoms with Crippen molar-refractivity contribution in [2.45, 2.75) is 19.8 Å².